The first kappa shape index (κ1) is 30.5. The standard InChI is InChI=1S/C35H39N5O4/c1-26(28-13-8-5-9-14-28)40(34(41)23-27-11-6-4-7-12-27)25-35(42)39-20-10-19-38(21-22-39)33-18-17-31(36-37-33)30-16-15-29(43-2)24-32(30)44-3/h4-9,11-18,24,26H,10,19-23,25H2,1-3H3/t26-/m1/s1. The third kappa shape index (κ3) is 7.34. The lowest BCUT2D eigenvalue weighted by molar-refractivity contribution is -0.142. The van der Waals surface area contributed by atoms with Crippen LogP contribution in [0.25, 0.3) is 11.3 Å². The molecule has 1 aliphatic rings. The van der Waals surface area contributed by atoms with Crippen LogP contribution in [0.4, 0.5) is 5.82 Å². The highest BCUT2D eigenvalue weighted by Crippen LogP contribution is 2.32. The van der Waals surface area contributed by atoms with Crippen molar-refractivity contribution in [3.63, 3.8) is 0 Å². The lowest BCUT2D eigenvalue weighted by Gasteiger charge is -2.32. The average molecular weight is 594 g/mol. The lowest BCUT2D eigenvalue weighted by atomic mass is 10.0. The van der Waals surface area contributed by atoms with Gasteiger partial charge < -0.3 is 24.2 Å². The Morgan fingerprint density at radius 3 is 2.27 bits per heavy atom. The molecule has 1 fully saturated rings. The summed E-state index contributed by atoms with van der Waals surface area (Å²) in [6, 6.07) is 28.8. The van der Waals surface area contributed by atoms with Crippen LogP contribution in [0.1, 0.15) is 30.5 Å². The van der Waals surface area contributed by atoms with E-state index in [4.69, 9.17) is 9.47 Å². The maximum atomic E-state index is 13.7. The summed E-state index contributed by atoms with van der Waals surface area (Å²) < 4.78 is 10.8. The van der Waals surface area contributed by atoms with Crippen molar-refractivity contribution >= 4 is 17.6 Å². The Balaban J connectivity index is 1.25. The van der Waals surface area contributed by atoms with E-state index < -0.39 is 0 Å². The highest BCUT2D eigenvalue weighted by atomic mass is 16.5. The fourth-order valence-corrected chi connectivity index (χ4v) is 5.51. The molecule has 1 atom stereocenters. The predicted molar refractivity (Wildman–Crippen MR) is 171 cm³/mol. The number of carbonyl (C=O) groups is 2. The molecule has 5 rings (SSSR count). The first-order valence-corrected chi connectivity index (χ1v) is 14.9. The Morgan fingerprint density at radius 2 is 1.59 bits per heavy atom. The number of methoxy groups -OCH3 is 2. The second-order valence-electron chi connectivity index (χ2n) is 10.8. The van der Waals surface area contributed by atoms with Crippen molar-refractivity contribution < 1.29 is 19.1 Å². The fraction of sp³-hybridized carbons (Fsp3) is 0.314. The molecule has 0 unspecified atom stereocenters. The van der Waals surface area contributed by atoms with Crippen LogP contribution in [-0.2, 0) is 16.0 Å². The van der Waals surface area contributed by atoms with Gasteiger partial charge in [0.25, 0.3) is 0 Å². The summed E-state index contributed by atoms with van der Waals surface area (Å²) in [5, 5.41) is 8.99. The molecule has 2 amide bonds. The summed E-state index contributed by atoms with van der Waals surface area (Å²) in [5.74, 6) is 2.00. The van der Waals surface area contributed by atoms with Crippen molar-refractivity contribution in [3.8, 4) is 22.8 Å². The second kappa shape index (κ2) is 14.5. The predicted octanol–water partition coefficient (Wildman–Crippen LogP) is 5.03. The summed E-state index contributed by atoms with van der Waals surface area (Å²) in [7, 11) is 3.23. The van der Waals surface area contributed by atoms with Gasteiger partial charge in [0.15, 0.2) is 5.82 Å². The van der Waals surface area contributed by atoms with Crippen LogP contribution < -0.4 is 14.4 Å². The SMILES string of the molecule is COc1ccc(-c2ccc(N3CCCN(C(=O)CN(C(=O)Cc4ccccc4)[C@H](C)c4ccccc4)CC3)nn2)c(OC)c1. The minimum absolute atomic E-state index is 0.0277. The van der Waals surface area contributed by atoms with Crippen LogP contribution in [-0.4, -0.2) is 78.8 Å². The Kier molecular flexibility index (Phi) is 10.1. The molecule has 2 heterocycles. The highest BCUT2D eigenvalue weighted by molar-refractivity contribution is 5.86. The van der Waals surface area contributed by atoms with Gasteiger partial charge in [-0.15, -0.1) is 10.2 Å². The lowest BCUT2D eigenvalue weighted by Crippen LogP contribution is -2.45. The quantitative estimate of drug-likeness (QED) is 0.255. The third-order valence-corrected chi connectivity index (χ3v) is 8.08. The van der Waals surface area contributed by atoms with Crippen LogP contribution in [0.5, 0.6) is 11.5 Å². The van der Waals surface area contributed by atoms with Gasteiger partial charge in [-0.05, 0) is 48.7 Å². The van der Waals surface area contributed by atoms with E-state index in [1.54, 1.807) is 19.1 Å². The molecular formula is C35H39N5O4. The second-order valence-corrected chi connectivity index (χ2v) is 10.8. The topological polar surface area (TPSA) is 88.1 Å². The minimum Gasteiger partial charge on any atom is -0.497 e. The monoisotopic (exact) mass is 593 g/mol. The normalized spacial score (nSPS) is 14.0. The molecule has 0 aliphatic carbocycles. The van der Waals surface area contributed by atoms with E-state index in [0.717, 1.165) is 35.5 Å². The first-order chi connectivity index (χ1) is 21.5. The fourth-order valence-electron chi connectivity index (χ4n) is 5.51. The number of amides is 2. The minimum atomic E-state index is -0.238. The van der Waals surface area contributed by atoms with Crippen LogP contribution >= 0.6 is 0 Å². The van der Waals surface area contributed by atoms with E-state index >= 15 is 0 Å². The van der Waals surface area contributed by atoms with Crippen LogP contribution in [0, 0.1) is 0 Å². The Bertz CT molecular complexity index is 1530. The van der Waals surface area contributed by atoms with E-state index in [9.17, 15) is 9.59 Å². The Labute approximate surface area is 259 Å². The number of hydrogen-bond donors (Lipinski definition) is 0. The van der Waals surface area contributed by atoms with Gasteiger partial charge in [0.1, 0.15) is 18.0 Å². The average Bonchev–Trinajstić information content (AvgIpc) is 3.34. The molecule has 0 bridgehead atoms. The van der Waals surface area contributed by atoms with Crippen molar-refractivity contribution in [3.05, 3.63) is 102 Å². The van der Waals surface area contributed by atoms with Crippen molar-refractivity contribution in [2.75, 3.05) is 51.8 Å². The number of rotatable bonds is 10. The van der Waals surface area contributed by atoms with Crippen molar-refractivity contribution in [2.24, 2.45) is 0 Å². The Hall–Kier alpha value is -4.92. The molecule has 0 spiro atoms. The van der Waals surface area contributed by atoms with Gasteiger partial charge in [-0.2, -0.15) is 0 Å². The van der Waals surface area contributed by atoms with Gasteiger partial charge in [-0.3, -0.25) is 9.59 Å². The van der Waals surface area contributed by atoms with Crippen LogP contribution in [0.3, 0.4) is 0 Å². The summed E-state index contributed by atoms with van der Waals surface area (Å²) in [6.45, 7) is 4.54. The van der Waals surface area contributed by atoms with Gasteiger partial charge in [0.2, 0.25) is 11.8 Å². The maximum absolute atomic E-state index is 13.7. The number of carbonyl (C=O) groups excluding carboxylic acids is 2. The van der Waals surface area contributed by atoms with E-state index in [1.807, 2.05) is 103 Å². The van der Waals surface area contributed by atoms with Crippen LogP contribution in [0.2, 0.25) is 0 Å². The Morgan fingerprint density at radius 1 is 0.841 bits per heavy atom. The van der Waals surface area contributed by atoms with Crippen molar-refractivity contribution in [2.45, 2.75) is 25.8 Å². The zero-order valence-electron chi connectivity index (χ0n) is 25.6. The van der Waals surface area contributed by atoms with Gasteiger partial charge in [0.05, 0.1) is 32.4 Å². The zero-order valence-corrected chi connectivity index (χ0v) is 25.6. The number of anilines is 1. The largest absolute Gasteiger partial charge is 0.497 e. The van der Waals surface area contributed by atoms with Gasteiger partial charge in [-0.25, -0.2) is 0 Å². The number of hydrogen-bond acceptors (Lipinski definition) is 7. The number of nitrogens with zero attached hydrogens (tertiary/aromatic N) is 5. The summed E-state index contributed by atoms with van der Waals surface area (Å²) in [5.41, 5.74) is 3.46. The maximum Gasteiger partial charge on any atom is 0.242 e. The van der Waals surface area contributed by atoms with Gasteiger partial charge in [0, 0.05) is 37.8 Å². The van der Waals surface area contributed by atoms with E-state index in [0.29, 0.717) is 36.8 Å². The molecule has 228 valence electrons. The molecule has 0 radical (unpaired) electrons. The molecular weight excluding hydrogens is 554 g/mol. The summed E-state index contributed by atoms with van der Waals surface area (Å²) >= 11 is 0. The van der Waals surface area contributed by atoms with Crippen molar-refractivity contribution in [1.29, 1.82) is 0 Å². The molecule has 1 saturated heterocycles. The van der Waals surface area contributed by atoms with Crippen LogP contribution in [0.15, 0.2) is 91.0 Å². The molecule has 1 aliphatic heterocycles. The van der Waals surface area contributed by atoms with E-state index in [-0.39, 0.29) is 30.8 Å². The summed E-state index contributed by atoms with van der Waals surface area (Å²) in [4.78, 5) is 33.0. The summed E-state index contributed by atoms with van der Waals surface area (Å²) in [6.07, 6.45) is 1.03. The molecule has 9 heteroatoms. The molecule has 3 aromatic carbocycles. The zero-order chi connectivity index (χ0) is 30.9. The number of benzene rings is 3. The first-order valence-electron chi connectivity index (χ1n) is 14.9. The van der Waals surface area contributed by atoms with Gasteiger partial charge in [-0.1, -0.05) is 60.7 Å². The number of ether oxygens (including phenoxy) is 2. The molecule has 1 aromatic heterocycles. The molecule has 9 nitrogen and oxygen atoms in total. The van der Waals surface area contributed by atoms with Gasteiger partial charge >= 0.3 is 0 Å². The number of aromatic nitrogens is 2. The smallest absolute Gasteiger partial charge is 0.242 e. The molecule has 0 N–H and O–H groups in total. The molecule has 4 aromatic rings. The van der Waals surface area contributed by atoms with E-state index in [1.165, 1.54) is 0 Å². The van der Waals surface area contributed by atoms with Crippen molar-refractivity contribution in [1.82, 2.24) is 20.0 Å². The molecule has 44 heavy (non-hydrogen) atoms. The highest BCUT2D eigenvalue weighted by Gasteiger charge is 2.28. The van der Waals surface area contributed by atoms with E-state index in [2.05, 4.69) is 15.1 Å². The molecule has 0 saturated carbocycles. The third-order valence-electron chi connectivity index (χ3n) is 8.08.